The molecule has 0 saturated carbocycles. The van der Waals surface area contributed by atoms with Gasteiger partial charge in [-0.25, -0.2) is 0 Å². The number of benzene rings is 1. The summed E-state index contributed by atoms with van der Waals surface area (Å²) in [6, 6.07) is 9.00. The number of rotatable bonds is 6. The first kappa shape index (κ1) is 17.1. The Bertz CT molecular complexity index is 654. The van der Waals surface area contributed by atoms with Gasteiger partial charge in [0.25, 0.3) is 0 Å². The van der Waals surface area contributed by atoms with Crippen molar-refractivity contribution < 1.29 is 5.11 Å². The van der Waals surface area contributed by atoms with Crippen LogP contribution in [0.15, 0.2) is 36.7 Å². The van der Waals surface area contributed by atoms with Gasteiger partial charge in [0.15, 0.2) is 0 Å². The predicted molar refractivity (Wildman–Crippen MR) is 95.6 cm³/mol. The maximum Gasteiger partial charge on any atom is 0.0534 e. The van der Waals surface area contributed by atoms with Gasteiger partial charge in [-0.1, -0.05) is 24.3 Å². The Kier molecular flexibility index (Phi) is 5.66. The summed E-state index contributed by atoms with van der Waals surface area (Å²) >= 11 is 0. The average molecular weight is 328 g/mol. The molecule has 2 aromatic rings. The molecular formula is C19H28N4O. The minimum Gasteiger partial charge on any atom is -0.396 e. The fourth-order valence-corrected chi connectivity index (χ4v) is 3.55. The Labute approximate surface area is 144 Å². The summed E-state index contributed by atoms with van der Waals surface area (Å²) in [6.07, 6.45) is 4.86. The van der Waals surface area contributed by atoms with Crippen molar-refractivity contribution >= 4 is 0 Å². The zero-order chi connectivity index (χ0) is 16.9. The molecule has 1 atom stereocenters. The van der Waals surface area contributed by atoms with Crippen molar-refractivity contribution in [2.24, 2.45) is 7.05 Å². The highest BCUT2D eigenvalue weighted by Crippen LogP contribution is 2.19. The van der Waals surface area contributed by atoms with Gasteiger partial charge in [0, 0.05) is 64.2 Å². The van der Waals surface area contributed by atoms with Crippen molar-refractivity contribution in [2.75, 3.05) is 26.2 Å². The van der Waals surface area contributed by atoms with Crippen molar-refractivity contribution in [1.82, 2.24) is 19.6 Å². The molecule has 1 fully saturated rings. The van der Waals surface area contributed by atoms with E-state index in [-0.39, 0.29) is 6.61 Å². The van der Waals surface area contributed by atoms with Crippen LogP contribution in [-0.2, 0) is 20.1 Å². The number of aliphatic hydroxyl groups excluding tert-OH is 1. The molecule has 2 heterocycles. The monoisotopic (exact) mass is 328 g/mol. The summed E-state index contributed by atoms with van der Waals surface area (Å²) in [5, 5.41) is 13.7. The summed E-state index contributed by atoms with van der Waals surface area (Å²) < 4.78 is 1.86. The molecule has 1 unspecified atom stereocenters. The normalized spacial score (nSPS) is 19.7. The van der Waals surface area contributed by atoms with E-state index in [1.807, 2.05) is 17.9 Å². The van der Waals surface area contributed by atoms with E-state index in [4.69, 9.17) is 0 Å². The topological polar surface area (TPSA) is 44.5 Å². The summed E-state index contributed by atoms with van der Waals surface area (Å²) in [7, 11) is 1.96. The standard InChI is InChI=1S/C19H28N4O/c1-16-5-3-4-6-18(16)14-23-9-8-22(15-19(23)7-10-24)13-17-11-20-21(2)12-17/h3-6,11-12,19,24H,7-10,13-15H2,1-2H3. The summed E-state index contributed by atoms with van der Waals surface area (Å²) in [4.78, 5) is 5.00. The van der Waals surface area contributed by atoms with Gasteiger partial charge in [0.05, 0.1) is 6.20 Å². The lowest BCUT2D eigenvalue weighted by Crippen LogP contribution is -2.52. The molecular weight excluding hydrogens is 300 g/mol. The Balaban J connectivity index is 1.63. The molecule has 1 aromatic heterocycles. The van der Waals surface area contributed by atoms with Crippen LogP contribution in [0, 0.1) is 6.92 Å². The lowest BCUT2D eigenvalue weighted by atomic mass is 10.0. The molecule has 5 nitrogen and oxygen atoms in total. The van der Waals surface area contributed by atoms with Crippen LogP contribution in [0.2, 0.25) is 0 Å². The molecule has 0 aliphatic carbocycles. The molecule has 0 bridgehead atoms. The van der Waals surface area contributed by atoms with Crippen molar-refractivity contribution in [1.29, 1.82) is 0 Å². The van der Waals surface area contributed by atoms with Crippen LogP contribution in [0.4, 0.5) is 0 Å². The van der Waals surface area contributed by atoms with Crippen LogP contribution < -0.4 is 0 Å². The third-order valence-electron chi connectivity index (χ3n) is 4.95. The van der Waals surface area contributed by atoms with E-state index in [0.29, 0.717) is 6.04 Å². The van der Waals surface area contributed by atoms with Gasteiger partial charge in [-0.15, -0.1) is 0 Å². The summed E-state index contributed by atoms with van der Waals surface area (Å²) in [5.74, 6) is 0. The van der Waals surface area contributed by atoms with Gasteiger partial charge < -0.3 is 5.11 Å². The van der Waals surface area contributed by atoms with E-state index in [1.165, 1.54) is 16.7 Å². The largest absolute Gasteiger partial charge is 0.396 e. The van der Waals surface area contributed by atoms with Crippen LogP contribution in [0.1, 0.15) is 23.1 Å². The van der Waals surface area contributed by atoms with Crippen molar-refractivity contribution in [3.05, 3.63) is 53.3 Å². The van der Waals surface area contributed by atoms with Crippen molar-refractivity contribution in [3.8, 4) is 0 Å². The predicted octanol–water partition coefficient (Wildman–Crippen LogP) is 1.80. The molecule has 24 heavy (non-hydrogen) atoms. The van der Waals surface area contributed by atoms with E-state index in [9.17, 15) is 5.11 Å². The maximum atomic E-state index is 9.48. The van der Waals surface area contributed by atoms with E-state index in [1.54, 1.807) is 0 Å². The zero-order valence-corrected chi connectivity index (χ0v) is 14.7. The van der Waals surface area contributed by atoms with Crippen LogP contribution in [0.5, 0.6) is 0 Å². The smallest absolute Gasteiger partial charge is 0.0534 e. The first-order chi connectivity index (χ1) is 11.7. The molecule has 0 spiro atoms. The van der Waals surface area contributed by atoms with Crippen LogP contribution >= 0.6 is 0 Å². The molecule has 1 aliphatic heterocycles. The molecule has 5 heteroatoms. The fraction of sp³-hybridized carbons (Fsp3) is 0.526. The van der Waals surface area contributed by atoms with Gasteiger partial charge in [-0.2, -0.15) is 5.10 Å². The summed E-state index contributed by atoms with van der Waals surface area (Å²) in [6.45, 7) is 7.43. The third-order valence-corrected chi connectivity index (χ3v) is 4.95. The van der Waals surface area contributed by atoms with E-state index >= 15 is 0 Å². The molecule has 3 rings (SSSR count). The lowest BCUT2D eigenvalue weighted by molar-refractivity contribution is 0.0498. The number of aromatic nitrogens is 2. The second-order valence-electron chi connectivity index (χ2n) is 6.82. The van der Waals surface area contributed by atoms with E-state index in [2.05, 4.69) is 52.3 Å². The number of piperazine rings is 1. The Hall–Kier alpha value is -1.69. The summed E-state index contributed by atoms with van der Waals surface area (Å²) in [5.41, 5.74) is 3.99. The first-order valence-electron chi connectivity index (χ1n) is 8.75. The highest BCUT2D eigenvalue weighted by atomic mass is 16.3. The molecule has 1 aromatic carbocycles. The highest BCUT2D eigenvalue weighted by Gasteiger charge is 2.27. The number of aryl methyl sites for hydroxylation is 2. The second-order valence-corrected chi connectivity index (χ2v) is 6.82. The molecule has 1 N–H and O–H groups in total. The van der Waals surface area contributed by atoms with Gasteiger partial charge in [-0.3, -0.25) is 14.5 Å². The molecule has 0 amide bonds. The quantitative estimate of drug-likeness (QED) is 0.878. The average Bonchev–Trinajstić information content (AvgIpc) is 2.97. The number of hydrogen-bond acceptors (Lipinski definition) is 4. The number of nitrogens with zero attached hydrogens (tertiary/aromatic N) is 4. The Morgan fingerprint density at radius 2 is 2.04 bits per heavy atom. The minimum absolute atomic E-state index is 0.246. The minimum atomic E-state index is 0.246. The third kappa shape index (κ3) is 4.23. The second kappa shape index (κ2) is 7.92. The molecule has 130 valence electrons. The number of aliphatic hydroxyl groups is 1. The van der Waals surface area contributed by atoms with Gasteiger partial charge in [-0.05, 0) is 24.5 Å². The van der Waals surface area contributed by atoms with Gasteiger partial charge >= 0.3 is 0 Å². The fourth-order valence-electron chi connectivity index (χ4n) is 3.55. The van der Waals surface area contributed by atoms with E-state index in [0.717, 1.165) is 39.1 Å². The first-order valence-corrected chi connectivity index (χ1v) is 8.75. The van der Waals surface area contributed by atoms with Crippen LogP contribution in [-0.4, -0.2) is 57.0 Å². The SMILES string of the molecule is Cc1ccccc1CN1CCN(Cc2cnn(C)c2)CC1CCO. The van der Waals surface area contributed by atoms with Crippen molar-refractivity contribution in [3.63, 3.8) is 0 Å². The van der Waals surface area contributed by atoms with Crippen LogP contribution in [0.3, 0.4) is 0 Å². The maximum absolute atomic E-state index is 9.48. The lowest BCUT2D eigenvalue weighted by Gasteiger charge is -2.41. The highest BCUT2D eigenvalue weighted by molar-refractivity contribution is 5.25. The Morgan fingerprint density at radius 1 is 1.21 bits per heavy atom. The zero-order valence-electron chi connectivity index (χ0n) is 14.7. The molecule has 0 radical (unpaired) electrons. The Morgan fingerprint density at radius 3 is 2.75 bits per heavy atom. The molecule has 1 saturated heterocycles. The number of hydrogen-bond donors (Lipinski definition) is 1. The van der Waals surface area contributed by atoms with Crippen molar-refractivity contribution in [2.45, 2.75) is 32.5 Å². The molecule has 1 aliphatic rings. The van der Waals surface area contributed by atoms with Gasteiger partial charge in [0.1, 0.15) is 0 Å². The van der Waals surface area contributed by atoms with Gasteiger partial charge in [0.2, 0.25) is 0 Å². The van der Waals surface area contributed by atoms with Crippen LogP contribution in [0.25, 0.3) is 0 Å². The van der Waals surface area contributed by atoms with E-state index < -0.39 is 0 Å².